The van der Waals surface area contributed by atoms with Gasteiger partial charge in [-0.25, -0.2) is 0 Å². The van der Waals surface area contributed by atoms with E-state index in [1.54, 1.807) is 0 Å². The van der Waals surface area contributed by atoms with Gasteiger partial charge in [0.05, 0.1) is 0 Å². The van der Waals surface area contributed by atoms with E-state index in [1.165, 1.54) is 0 Å². The van der Waals surface area contributed by atoms with Gasteiger partial charge in [0, 0.05) is 16.7 Å². The van der Waals surface area contributed by atoms with E-state index in [1.807, 2.05) is 18.2 Å². The summed E-state index contributed by atoms with van der Waals surface area (Å²) in [6, 6.07) is 22.9. The molecule has 3 aromatic rings. The zero-order valence-electron chi connectivity index (χ0n) is 18.4. The molecule has 0 saturated heterocycles. The van der Waals surface area contributed by atoms with E-state index in [0.29, 0.717) is 5.92 Å². The van der Waals surface area contributed by atoms with Crippen molar-refractivity contribution in [1.82, 2.24) is 5.09 Å². The van der Waals surface area contributed by atoms with Gasteiger partial charge >= 0.3 is 0 Å². The summed E-state index contributed by atoms with van der Waals surface area (Å²) in [7, 11) is -3.06. The predicted molar refractivity (Wildman–Crippen MR) is 126 cm³/mol. The van der Waals surface area contributed by atoms with Gasteiger partial charge in [0.15, 0.2) is 0 Å². The second kappa shape index (κ2) is 8.69. The van der Waals surface area contributed by atoms with E-state index < -0.39 is 7.29 Å². The quantitative estimate of drug-likeness (QED) is 0.499. The first-order valence-electron chi connectivity index (χ1n) is 10.3. The molecule has 0 heterocycles. The summed E-state index contributed by atoms with van der Waals surface area (Å²) in [4.78, 5) is 0. The minimum absolute atomic E-state index is 0.0105. The van der Waals surface area contributed by atoms with Crippen LogP contribution < -0.4 is 15.7 Å². The molecule has 0 fully saturated rings. The number of nitrogens with one attached hydrogen (secondary N) is 1. The number of hydrogen-bond acceptors (Lipinski definition) is 1. The molecule has 152 valence electrons. The molecule has 1 N–H and O–H groups in total. The maximum absolute atomic E-state index is 14.8. The SMILES string of the molecule is Cc1cc(C)cc(P(=O)(N[C@@H](c2ccccc2)C(C)C)c2cc(C)cc(C)c2)c1. The molecular formula is C26H32NOP. The van der Waals surface area contributed by atoms with Crippen molar-refractivity contribution in [1.29, 1.82) is 0 Å². The molecule has 3 rings (SSSR count). The summed E-state index contributed by atoms with van der Waals surface area (Å²) in [5.74, 6) is 0.294. The van der Waals surface area contributed by atoms with E-state index in [2.05, 4.69) is 95.2 Å². The van der Waals surface area contributed by atoms with Gasteiger partial charge < -0.3 is 0 Å². The first-order valence-corrected chi connectivity index (χ1v) is 12.0. The molecule has 0 aromatic heterocycles. The Bertz CT molecular complexity index is 944. The van der Waals surface area contributed by atoms with Gasteiger partial charge in [-0.15, -0.1) is 0 Å². The van der Waals surface area contributed by atoms with Crippen LogP contribution >= 0.6 is 7.29 Å². The van der Waals surface area contributed by atoms with Crippen LogP contribution in [-0.4, -0.2) is 0 Å². The highest BCUT2D eigenvalue weighted by molar-refractivity contribution is 7.76. The van der Waals surface area contributed by atoms with Crippen LogP contribution in [0.3, 0.4) is 0 Å². The normalized spacial score (nSPS) is 12.9. The topological polar surface area (TPSA) is 29.1 Å². The third-order valence-electron chi connectivity index (χ3n) is 5.29. The Morgan fingerprint density at radius 2 is 1.10 bits per heavy atom. The van der Waals surface area contributed by atoms with Crippen molar-refractivity contribution in [2.75, 3.05) is 0 Å². The first kappa shape index (κ1) is 21.6. The number of rotatable bonds is 6. The lowest BCUT2D eigenvalue weighted by Crippen LogP contribution is -2.33. The standard InChI is InChI=1S/C26H32NOP/c1-18(2)26(23-10-8-7-9-11-23)27-29(28,24-14-19(3)12-20(4)15-24)25-16-21(5)13-22(6)17-25/h7-18,26H,1-6H3,(H,27,28)/t26-/m1/s1. The van der Waals surface area contributed by atoms with E-state index in [0.717, 1.165) is 38.4 Å². The second-order valence-corrected chi connectivity index (χ2v) is 11.1. The molecule has 1 atom stereocenters. The van der Waals surface area contributed by atoms with E-state index >= 15 is 0 Å². The van der Waals surface area contributed by atoms with E-state index in [-0.39, 0.29) is 6.04 Å². The molecule has 0 spiro atoms. The highest BCUT2D eigenvalue weighted by atomic mass is 31.2. The molecular weight excluding hydrogens is 373 g/mol. The van der Waals surface area contributed by atoms with Crippen molar-refractivity contribution in [3.05, 3.63) is 94.5 Å². The summed E-state index contributed by atoms with van der Waals surface area (Å²) in [6.07, 6.45) is 0. The van der Waals surface area contributed by atoms with E-state index in [9.17, 15) is 4.57 Å². The average molecular weight is 406 g/mol. The Kier molecular flexibility index (Phi) is 6.46. The maximum atomic E-state index is 14.8. The Morgan fingerprint density at radius 1 is 0.690 bits per heavy atom. The second-order valence-electron chi connectivity index (χ2n) is 8.56. The van der Waals surface area contributed by atoms with Crippen molar-refractivity contribution in [3.8, 4) is 0 Å². The van der Waals surface area contributed by atoms with Gasteiger partial charge in [0.25, 0.3) is 0 Å². The summed E-state index contributed by atoms with van der Waals surface area (Å²) < 4.78 is 14.8. The van der Waals surface area contributed by atoms with Gasteiger partial charge in [-0.05, 0) is 63.4 Å². The van der Waals surface area contributed by atoms with Crippen LogP contribution in [0.1, 0.15) is 47.7 Å². The highest BCUT2D eigenvalue weighted by Gasteiger charge is 2.32. The highest BCUT2D eigenvalue weighted by Crippen LogP contribution is 2.44. The summed E-state index contributed by atoms with van der Waals surface area (Å²) >= 11 is 0. The molecule has 0 radical (unpaired) electrons. The third-order valence-corrected chi connectivity index (χ3v) is 7.90. The van der Waals surface area contributed by atoms with E-state index in [4.69, 9.17) is 0 Å². The van der Waals surface area contributed by atoms with Crippen LogP contribution in [0.2, 0.25) is 0 Å². The molecule has 0 amide bonds. The van der Waals surface area contributed by atoms with Crippen molar-refractivity contribution >= 4 is 17.9 Å². The number of aryl methyl sites for hydroxylation is 4. The zero-order valence-corrected chi connectivity index (χ0v) is 19.3. The fourth-order valence-electron chi connectivity index (χ4n) is 4.03. The van der Waals surface area contributed by atoms with Crippen LogP contribution in [0.5, 0.6) is 0 Å². The molecule has 0 aliphatic carbocycles. The molecule has 0 aliphatic heterocycles. The molecule has 29 heavy (non-hydrogen) atoms. The lowest BCUT2D eigenvalue weighted by atomic mass is 9.97. The van der Waals surface area contributed by atoms with Crippen LogP contribution in [0.4, 0.5) is 0 Å². The first-order chi connectivity index (χ1) is 13.7. The van der Waals surface area contributed by atoms with Crippen LogP contribution in [0.25, 0.3) is 0 Å². The fourth-order valence-corrected chi connectivity index (χ4v) is 7.00. The maximum Gasteiger partial charge on any atom is 0.205 e. The Labute approximate surface area is 175 Å². The van der Waals surface area contributed by atoms with Gasteiger partial charge in [-0.3, -0.25) is 9.65 Å². The Morgan fingerprint density at radius 3 is 1.48 bits per heavy atom. The Balaban J connectivity index is 2.20. The Hall–Kier alpha value is -2.15. The van der Waals surface area contributed by atoms with Crippen molar-refractivity contribution in [2.45, 2.75) is 47.6 Å². The molecule has 0 bridgehead atoms. The van der Waals surface area contributed by atoms with Crippen molar-refractivity contribution in [2.24, 2.45) is 5.92 Å². The van der Waals surface area contributed by atoms with Crippen LogP contribution in [0, 0.1) is 33.6 Å². The number of benzene rings is 3. The molecule has 3 heteroatoms. The van der Waals surface area contributed by atoms with Gasteiger partial charge in [0.1, 0.15) is 0 Å². The smallest absolute Gasteiger partial charge is 0.205 e. The van der Waals surface area contributed by atoms with Crippen molar-refractivity contribution < 1.29 is 4.57 Å². The minimum atomic E-state index is -3.06. The van der Waals surface area contributed by atoms with Crippen LogP contribution in [-0.2, 0) is 4.57 Å². The monoisotopic (exact) mass is 405 g/mol. The predicted octanol–water partition coefficient (Wildman–Crippen LogP) is 6.14. The third kappa shape index (κ3) is 4.89. The molecule has 0 saturated carbocycles. The van der Waals surface area contributed by atoms with Crippen molar-refractivity contribution in [3.63, 3.8) is 0 Å². The lowest BCUT2D eigenvalue weighted by molar-refractivity contribution is 0.468. The van der Waals surface area contributed by atoms with Gasteiger partial charge in [-0.2, -0.15) is 0 Å². The number of hydrogen-bond donors (Lipinski definition) is 1. The molecule has 3 aromatic carbocycles. The minimum Gasteiger partial charge on any atom is -0.297 e. The summed E-state index contributed by atoms with van der Waals surface area (Å²) in [5, 5.41) is 5.40. The zero-order chi connectivity index (χ0) is 21.2. The largest absolute Gasteiger partial charge is 0.297 e. The van der Waals surface area contributed by atoms with Crippen LogP contribution in [0.15, 0.2) is 66.7 Å². The van der Waals surface area contributed by atoms with Gasteiger partial charge in [0.2, 0.25) is 7.29 Å². The average Bonchev–Trinajstić information content (AvgIpc) is 2.65. The molecule has 0 aliphatic rings. The fraction of sp³-hybridized carbons (Fsp3) is 0.308. The lowest BCUT2D eigenvalue weighted by Gasteiger charge is -2.30. The van der Waals surface area contributed by atoms with Gasteiger partial charge in [-0.1, -0.05) is 78.6 Å². The summed E-state index contributed by atoms with van der Waals surface area (Å²) in [5.41, 5.74) is 5.69. The summed E-state index contributed by atoms with van der Waals surface area (Å²) in [6.45, 7) is 12.6. The molecule has 2 nitrogen and oxygen atoms in total. The molecule has 0 unspecified atom stereocenters.